The summed E-state index contributed by atoms with van der Waals surface area (Å²) >= 11 is 4.05. The first-order chi connectivity index (χ1) is 9.02. The second-order valence-corrected chi connectivity index (χ2v) is 8.30. The molecular formula is C17H22S2. The lowest BCUT2D eigenvalue weighted by Crippen LogP contribution is -1.93. The van der Waals surface area contributed by atoms with E-state index in [4.69, 9.17) is 0 Å². The van der Waals surface area contributed by atoms with Crippen LogP contribution in [0.25, 0.3) is 9.75 Å². The first kappa shape index (κ1) is 13.4. The maximum Gasteiger partial charge on any atom is 0.0486 e. The van der Waals surface area contributed by atoms with E-state index in [0.717, 1.165) is 0 Å². The van der Waals surface area contributed by atoms with Crippen LogP contribution in [0.2, 0.25) is 0 Å². The third-order valence-electron chi connectivity index (χ3n) is 4.06. The van der Waals surface area contributed by atoms with Crippen LogP contribution in [0, 0.1) is 0 Å². The SMILES string of the molecule is CCC1c2cc(C(C)C)sc2-c2sc(C(C)C)cc21. The standard InChI is InChI=1S/C17H22S2/c1-6-11-12-7-14(9(2)3)18-16(12)17-13(11)8-15(19-17)10(4)5/h7-11H,6H2,1-5H3. The Morgan fingerprint density at radius 2 is 1.32 bits per heavy atom. The van der Waals surface area contributed by atoms with Gasteiger partial charge < -0.3 is 0 Å². The molecule has 0 spiro atoms. The third kappa shape index (κ3) is 2.00. The van der Waals surface area contributed by atoms with Gasteiger partial charge in [-0.2, -0.15) is 0 Å². The molecule has 0 saturated heterocycles. The summed E-state index contributed by atoms with van der Waals surface area (Å²) in [5.74, 6) is 1.96. The van der Waals surface area contributed by atoms with Crippen molar-refractivity contribution in [3.63, 3.8) is 0 Å². The van der Waals surface area contributed by atoms with Crippen molar-refractivity contribution in [3.05, 3.63) is 33.0 Å². The molecule has 0 atom stereocenters. The third-order valence-corrected chi connectivity index (χ3v) is 7.13. The zero-order chi connectivity index (χ0) is 13.7. The maximum absolute atomic E-state index is 2.47. The van der Waals surface area contributed by atoms with Gasteiger partial charge in [-0.1, -0.05) is 34.6 Å². The average Bonchev–Trinajstić information content (AvgIpc) is 2.96. The monoisotopic (exact) mass is 290 g/mol. The average molecular weight is 290 g/mol. The van der Waals surface area contributed by atoms with Gasteiger partial charge in [0.2, 0.25) is 0 Å². The van der Waals surface area contributed by atoms with E-state index in [1.165, 1.54) is 6.42 Å². The van der Waals surface area contributed by atoms with Gasteiger partial charge in [0.1, 0.15) is 0 Å². The molecule has 0 bridgehead atoms. The fourth-order valence-electron chi connectivity index (χ4n) is 2.90. The molecule has 0 N–H and O–H groups in total. The number of rotatable bonds is 3. The Morgan fingerprint density at radius 1 is 0.895 bits per heavy atom. The van der Waals surface area contributed by atoms with Crippen LogP contribution in [-0.2, 0) is 0 Å². The fraction of sp³-hybridized carbons (Fsp3) is 0.529. The topological polar surface area (TPSA) is 0 Å². The molecule has 2 aromatic rings. The summed E-state index contributed by atoms with van der Waals surface area (Å²) in [6.45, 7) is 11.5. The molecule has 0 unspecified atom stereocenters. The van der Waals surface area contributed by atoms with Gasteiger partial charge in [-0.25, -0.2) is 0 Å². The van der Waals surface area contributed by atoms with Crippen LogP contribution < -0.4 is 0 Å². The van der Waals surface area contributed by atoms with Crippen LogP contribution in [-0.4, -0.2) is 0 Å². The molecule has 2 heterocycles. The van der Waals surface area contributed by atoms with E-state index in [1.54, 1.807) is 30.6 Å². The Labute approximate surface area is 124 Å². The molecule has 1 aliphatic carbocycles. The summed E-state index contributed by atoms with van der Waals surface area (Å²) in [5.41, 5.74) is 3.21. The highest BCUT2D eigenvalue weighted by molar-refractivity contribution is 7.22. The quantitative estimate of drug-likeness (QED) is 0.599. The van der Waals surface area contributed by atoms with Crippen molar-refractivity contribution >= 4 is 22.7 Å². The molecule has 0 nitrogen and oxygen atoms in total. The molecule has 0 fully saturated rings. The Kier molecular flexibility index (Phi) is 3.34. The molecule has 2 aromatic heterocycles. The van der Waals surface area contributed by atoms with Crippen LogP contribution in [0.4, 0.5) is 0 Å². The Bertz CT molecular complexity index is 547. The molecule has 0 aliphatic heterocycles. The van der Waals surface area contributed by atoms with Crippen LogP contribution >= 0.6 is 22.7 Å². The highest BCUT2D eigenvalue weighted by Crippen LogP contribution is 2.55. The first-order valence-corrected chi connectivity index (χ1v) is 8.93. The molecule has 0 saturated carbocycles. The summed E-state index contributed by atoms with van der Waals surface area (Å²) in [7, 11) is 0. The van der Waals surface area contributed by atoms with E-state index in [2.05, 4.69) is 46.8 Å². The summed E-state index contributed by atoms with van der Waals surface area (Å²) < 4.78 is 0. The summed E-state index contributed by atoms with van der Waals surface area (Å²) in [5, 5.41) is 0. The second-order valence-electron chi connectivity index (χ2n) is 6.14. The number of hydrogen-bond acceptors (Lipinski definition) is 2. The van der Waals surface area contributed by atoms with Crippen molar-refractivity contribution in [2.45, 2.75) is 58.8 Å². The number of thiophene rings is 2. The molecule has 3 rings (SSSR count). The predicted octanol–water partition coefficient (Wildman–Crippen LogP) is 6.58. The first-order valence-electron chi connectivity index (χ1n) is 7.30. The van der Waals surface area contributed by atoms with Gasteiger partial charge in [-0.05, 0) is 41.5 Å². The van der Waals surface area contributed by atoms with Gasteiger partial charge in [0.25, 0.3) is 0 Å². The molecule has 102 valence electrons. The lowest BCUT2D eigenvalue weighted by atomic mass is 9.95. The molecule has 19 heavy (non-hydrogen) atoms. The van der Waals surface area contributed by atoms with E-state index in [1.807, 2.05) is 22.7 Å². The van der Waals surface area contributed by atoms with Crippen molar-refractivity contribution in [1.82, 2.24) is 0 Å². The largest absolute Gasteiger partial charge is 0.139 e. The van der Waals surface area contributed by atoms with E-state index < -0.39 is 0 Å². The lowest BCUT2D eigenvalue weighted by Gasteiger charge is -2.08. The minimum absolute atomic E-state index is 0.650. The highest BCUT2D eigenvalue weighted by Gasteiger charge is 2.32. The minimum atomic E-state index is 0.650. The second kappa shape index (κ2) is 4.75. The minimum Gasteiger partial charge on any atom is -0.139 e. The Morgan fingerprint density at radius 3 is 1.63 bits per heavy atom. The van der Waals surface area contributed by atoms with Crippen LogP contribution in [0.1, 0.15) is 79.7 Å². The van der Waals surface area contributed by atoms with Crippen LogP contribution in [0.3, 0.4) is 0 Å². The van der Waals surface area contributed by atoms with E-state index in [9.17, 15) is 0 Å². The smallest absolute Gasteiger partial charge is 0.0486 e. The van der Waals surface area contributed by atoms with Gasteiger partial charge in [0, 0.05) is 25.4 Å². The lowest BCUT2D eigenvalue weighted by molar-refractivity contribution is 0.792. The predicted molar refractivity (Wildman–Crippen MR) is 87.9 cm³/mol. The van der Waals surface area contributed by atoms with E-state index >= 15 is 0 Å². The van der Waals surface area contributed by atoms with Crippen LogP contribution in [0.5, 0.6) is 0 Å². The van der Waals surface area contributed by atoms with Gasteiger partial charge in [-0.15, -0.1) is 22.7 Å². The molecular weight excluding hydrogens is 268 g/mol. The van der Waals surface area contributed by atoms with Crippen LogP contribution in [0.15, 0.2) is 12.1 Å². The molecule has 2 heteroatoms. The zero-order valence-electron chi connectivity index (χ0n) is 12.4. The zero-order valence-corrected chi connectivity index (χ0v) is 14.0. The van der Waals surface area contributed by atoms with Crippen molar-refractivity contribution < 1.29 is 0 Å². The van der Waals surface area contributed by atoms with Crippen molar-refractivity contribution in [3.8, 4) is 9.75 Å². The van der Waals surface area contributed by atoms with Gasteiger partial charge in [0.05, 0.1) is 0 Å². The summed E-state index contributed by atoms with van der Waals surface area (Å²) in [4.78, 5) is 6.24. The number of hydrogen-bond donors (Lipinski definition) is 0. The Balaban J connectivity index is 2.14. The normalized spacial score (nSPS) is 14.5. The summed E-state index contributed by atoms with van der Waals surface area (Å²) in [6.07, 6.45) is 1.22. The van der Waals surface area contributed by atoms with Gasteiger partial charge in [-0.3, -0.25) is 0 Å². The molecule has 0 amide bonds. The van der Waals surface area contributed by atoms with Gasteiger partial charge in [0.15, 0.2) is 0 Å². The molecule has 0 radical (unpaired) electrons. The fourth-order valence-corrected chi connectivity index (χ4v) is 5.52. The van der Waals surface area contributed by atoms with E-state index in [-0.39, 0.29) is 0 Å². The van der Waals surface area contributed by atoms with E-state index in [0.29, 0.717) is 17.8 Å². The number of fused-ring (bicyclic) bond motifs is 3. The van der Waals surface area contributed by atoms with Gasteiger partial charge >= 0.3 is 0 Å². The summed E-state index contributed by atoms with van der Waals surface area (Å²) in [6, 6.07) is 4.95. The van der Waals surface area contributed by atoms with Crippen molar-refractivity contribution in [2.75, 3.05) is 0 Å². The van der Waals surface area contributed by atoms with Crippen molar-refractivity contribution in [2.24, 2.45) is 0 Å². The maximum atomic E-state index is 2.47. The molecule has 0 aromatic carbocycles. The Hall–Kier alpha value is -0.600. The van der Waals surface area contributed by atoms with Crippen molar-refractivity contribution in [1.29, 1.82) is 0 Å². The highest BCUT2D eigenvalue weighted by atomic mass is 32.1. The molecule has 1 aliphatic rings.